The fourth-order valence-corrected chi connectivity index (χ4v) is 6.74. The summed E-state index contributed by atoms with van der Waals surface area (Å²) in [4.78, 5) is 69.5. The molecular formula is C35H48N2O7. The number of fused-ring (bicyclic) bond motifs is 1. The van der Waals surface area contributed by atoms with Gasteiger partial charge in [0.25, 0.3) is 0 Å². The van der Waals surface area contributed by atoms with E-state index in [4.69, 9.17) is 9.47 Å². The zero-order valence-corrected chi connectivity index (χ0v) is 26.7. The highest BCUT2D eigenvalue weighted by molar-refractivity contribution is 6.02. The first-order valence-electron chi connectivity index (χ1n) is 16.2. The molecule has 0 spiro atoms. The molecule has 2 aromatic rings. The molecule has 1 aromatic heterocycles. The number of hydrogen-bond donors (Lipinski definition) is 2. The molecule has 2 N–H and O–H groups in total. The molecule has 2 saturated carbocycles. The van der Waals surface area contributed by atoms with E-state index in [-0.39, 0.29) is 42.2 Å². The van der Waals surface area contributed by atoms with Gasteiger partial charge < -0.3 is 19.8 Å². The summed E-state index contributed by atoms with van der Waals surface area (Å²) in [5.41, 5.74) is 0.540. The minimum atomic E-state index is -0.983. The number of H-pyrrole nitrogens is 1. The molecule has 0 bridgehead atoms. The highest BCUT2D eigenvalue weighted by Crippen LogP contribution is 2.37. The Bertz CT molecular complexity index is 1350. The molecule has 2 aliphatic rings. The molecule has 9 nitrogen and oxygen atoms in total. The fourth-order valence-electron chi connectivity index (χ4n) is 6.74. The molecule has 2 aliphatic carbocycles. The molecule has 1 aromatic carbocycles. The zero-order valence-electron chi connectivity index (χ0n) is 26.7. The van der Waals surface area contributed by atoms with Crippen molar-refractivity contribution < 1.29 is 33.4 Å². The zero-order chi connectivity index (χ0) is 31.9. The van der Waals surface area contributed by atoms with E-state index in [2.05, 4.69) is 10.3 Å². The fraction of sp³-hybridized carbons (Fsp3) is 0.629. The van der Waals surface area contributed by atoms with E-state index in [0.717, 1.165) is 55.8 Å². The first kappa shape index (κ1) is 33.4. The quantitative estimate of drug-likeness (QED) is 0.195. The molecule has 1 heterocycles. The van der Waals surface area contributed by atoms with Crippen LogP contribution in [0.4, 0.5) is 0 Å². The Labute approximate surface area is 260 Å². The number of aromatic nitrogens is 1. The molecule has 240 valence electrons. The molecule has 4 rings (SSSR count). The second kappa shape index (κ2) is 15.0. The van der Waals surface area contributed by atoms with Crippen LogP contribution in [0.1, 0.15) is 108 Å². The van der Waals surface area contributed by atoms with Gasteiger partial charge in [-0.25, -0.2) is 0 Å². The number of aromatic amines is 1. The first-order valence-corrected chi connectivity index (χ1v) is 16.2. The van der Waals surface area contributed by atoms with Crippen molar-refractivity contribution in [1.82, 2.24) is 10.3 Å². The minimum absolute atomic E-state index is 0.0459. The summed E-state index contributed by atoms with van der Waals surface area (Å²) in [6.45, 7) is 5.39. The lowest BCUT2D eigenvalue weighted by molar-refractivity contribution is -0.160. The summed E-state index contributed by atoms with van der Waals surface area (Å²) in [6, 6.07) is 6.27. The van der Waals surface area contributed by atoms with Crippen LogP contribution < -0.4 is 10.1 Å². The van der Waals surface area contributed by atoms with E-state index < -0.39 is 35.7 Å². The highest BCUT2D eigenvalue weighted by Gasteiger charge is 2.38. The number of Topliss-reactive ketones (excluding diaryl/α,β-unsaturated/α-hetero) is 3. The number of nitrogens with one attached hydrogen (secondary N) is 2. The highest BCUT2D eigenvalue weighted by atomic mass is 16.5. The Morgan fingerprint density at radius 2 is 1.82 bits per heavy atom. The van der Waals surface area contributed by atoms with Crippen molar-refractivity contribution in [3.8, 4) is 5.75 Å². The normalized spacial score (nSPS) is 19.8. The topological polar surface area (TPSA) is 132 Å². The minimum Gasteiger partial charge on any atom is -0.496 e. The number of rotatable bonds is 14. The lowest BCUT2D eigenvalue weighted by Crippen LogP contribution is -2.48. The number of carbonyl (C=O) groups excluding carboxylic acids is 5. The molecule has 9 heteroatoms. The average Bonchev–Trinajstić information content (AvgIpc) is 3.45. The van der Waals surface area contributed by atoms with Crippen LogP contribution in [0.15, 0.2) is 24.3 Å². The van der Waals surface area contributed by atoms with Crippen molar-refractivity contribution in [1.29, 1.82) is 0 Å². The molecule has 2 fully saturated rings. The Balaban J connectivity index is 1.48. The number of amides is 1. The molecule has 0 aliphatic heterocycles. The van der Waals surface area contributed by atoms with Crippen LogP contribution in [0.5, 0.6) is 5.75 Å². The first-order chi connectivity index (χ1) is 21.0. The Morgan fingerprint density at radius 1 is 1.07 bits per heavy atom. The van der Waals surface area contributed by atoms with E-state index >= 15 is 0 Å². The molecule has 44 heavy (non-hydrogen) atoms. The number of benzene rings is 1. The molecule has 0 radical (unpaired) electrons. The van der Waals surface area contributed by atoms with Crippen LogP contribution in [0.2, 0.25) is 0 Å². The van der Waals surface area contributed by atoms with E-state index in [0.29, 0.717) is 30.7 Å². The number of methoxy groups -OCH3 is 1. The molecule has 0 saturated heterocycles. The van der Waals surface area contributed by atoms with Gasteiger partial charge in [0.2, 0.25) is 5.91 Å². The Kier molecular flexibility index (Phi) is 11.4. The van der Waals surface area contributed by atoms with Crippen LogP contribution in [0.25, 0.3) is 10.9 Å². The number of carbonyl (C=O) groups is 5. The van der Waals surface area contributed by atoms with Gasteiger partial charge in [-0.05, 0) is 69.6 Å². The summed E-state index contributed by atoms with van der Waals surface area (Å²) in [5, 5.41) is 3.67. The van der Waals surface area contributed by atoms with Gasteiger partial charge in [-0.3, -0.25) is 24.0 Å². The van der Waals surface area contributed by atoms with Crippen LogP contribution in [-0.4, -0.2) is 54.0 Å². The maximum Gasteiger partial charge on any atom is 0.312 e. The Hall–Kier alpha value is -3.49. The summed E-state index contributed by atoms with van der Waals surface area (Å²) in [5.74, 6) is -1.61. The largest absolute Gasteiger partial charge is 0.496 e. The van der Waals surface area contributed by atoms with E-state index in [1.165, 1.54) is 0 Å². The van der Waals surface area contributed by atoms with Crippen LogP contribution in [0.3, 0.4) is 0 Å². The van der Waals surface area contributed by atoms with Gasteiger partial charge in [-0.15, -0.1) is 0 Å². The second-order valence-electron chi connectivity index (χ2n) is 13.4. The van der Waals surface area contributed by atoms with Crippen molar-refractivity contribution in [2.24, 2.45) is 23.2 Å². The predicted molar refractivity (Wildman–Crippen MR) is 167 cm³/mol. The molecule has 3 atom stereocenters. The summed E-state index contributed by atoms with van der Waals surface area (Å²) < 4.78 is 10.9. The Morgan fingerprint density at radius 3 is 2.50 bits per heavy atom. The van der Waals surface area contributed by atoms with Gasteiger partial charge >= 0.3 is 5.97 Å². The van der Waals surface area contributed by atoms with Gasteiger partial charge in [0.15, 0.2) is 18.2 Å². The third-order valence-corrected chi connectivity index (χ3v) is 9.40. The number of hydrogen-bond acceptors (Lipinski definition) is 7. The average molecular weight is 609 g/mol. The SMILES string of the molecule is COc1cccc2[nH]c(C(=O)C[C@@H](CC(C)C)C(=O)N[C@@H](C[C@@H]3CCCCC3=O)C(=O)COC(=O)C3(C)CCCCC3)cc12. The standard InChI is InChI=1S/C35H48N2O7/c1-22(2)17-24(19-30(39)28-20-25-26(36-28)12-10-14-32(25)43-4)33(41)37-27(18-23-11-6-7-13-29(23)38)31(40)21-44-34(42)35(3)15-8-5-9-16-35/h10,12,14,20,22-24,27,36H,5-9,11,13,15-19,21H2,1-4H3,(H,37,41)/t23-,24+,27-/m0/s1. The maximum atomic E-state index is 13.8. The predicted octanol–water partition coefficient (Wildman–Crippen LogP) is 6.13. The molecular weight excluding hydrogens is 560 g/mol. The van der Waals surface area contributed by atoms with Crippen molar-refractivity contribution in [3.05, 3.63) is 30.0 Å². The molecule has 1 amide bonds. The van der Waals surface area contributed by atoms with Crippen molar-refractivity contribution in [3.63, 3.8) is 0 Å². The van der Waals surface area contributed by atoms with Gasteiger partial charge in [-0.2, -0.15) is 0 Å². The third-order valence-electron chi connectivity index (χ3n) is 9.40. The van der Waals surface area contributed by atoms with E-state index in [1.54, 1.807) is 13.2 Å². The summed E-state index contributed by atoms with van der Waals surface area (Å²) in [6.07, 6.45) is 7.84. The van der Waals surface area contributed by atoms with Gasteiger partial charge in [0, 0.05) is 35.6 Å². The smallest absolute Gasteiger partial charge is 0.312 e. The van der Waals surface area contributed by atoms with E-state index in [1.807, 2.05) is 39.0 Å². The number of ketones is 3. The summed E-state index contributed by atoms with van der Waals surface area (Å²) >= 11 is 0. The lowest BCUT2D eigenvalue weighted by atomic mass is 9.76. The molecule has 0 unspecified atom stereocenters. The van der Waals surface area contributed by atoms with Gasteiger partial charge in [0.05, 0.1) is 24.3 Å². The summed E-state index contributed by atoms with van der Waals surface area (Å²) in [7, 11) is 1.57. The van der Waals surface area contributed by atoms with Crippen molar-refractivity contribution in [2.75, 3.05) is 13.7 Å². The van der Waals surface area contributed by atoms with Crippen molar-refractivity contribution in [2.45, 2.75) is 104 Å². The van der Waals surface area contributed by atoms with Crippen LogP contribution >= 0.6 is 0 Å². The monoisotopic (exact) mass is 608 g/mol. The third kappa shape index (κ3) is 8.36. The van der Waals surface area contributed by atoms with E-state index in [9.17, 15) is 24.0 Å². The van der Waals surface area contributed by atoms with Crippen LogP contribution in [-0.2, 0) is 23.9 Å². The second-order valence-corrected chi connectivity index (χ2v) is 13.4. The van der Waals surface area contributed by atoms with Gasteiger partial charge in [0.1, 0.15) is 11.5 Å². The van der Waals surface area contributed by atoms with Crippen LogP contribution in [0, 0.1) is 23.2 Å². The lowest BCUT2D eigenvalue weighted by Gasteiger charge is -2.31. The number of esters is 1. The van der Waals surface area contributed by atoms with Gasteiger partial charge in [-0.1, -0.05) is 45.6 Å². The number of ether oxygens (including phenoxy) is 2. The maximum absolute atomic E-state index is 13.8. The van der Waals surface area contributed by atoms with Crippen molar-refractivity contribution >= 4 is 40.1 Å².